The fourth-order valence-electron chi connectivity index (χ4n) is 3.35. The highest BCUT2D eigenvalue weighted by atomic mass is 15.3. The number of piperidine rings is 1. The Hall–Kier alpha value is -0.630. The number of nitriles is 1. The van der Waals surface area contributed by atoms with E-state index in [1.54, 1.807) is 0 Å². The van der Waals surface area contributed by atoms with Gasteiger partial charge in [-0.2, -0.15) is 5.26 Å². The molecule has 108 valence electrons. The van der Waals surface area contributed by atoms with Crippen molar-refractivity contribution in [3.05, 3.63) is 0 Å². The minimum Gasteiger partial charge on any atom is -0.299 e. The van der Waals surface area contributed by atoms with Gasteiger partial charge in [0.1, 0.15) is 6.04 Å². The molecule has 2 rings (SSSR count). The summed E-state index contributed by atoms with van der Waals surface area (Å²) in [5.74, 6) is 0. The van der Waals surface area contributed by atoms with Crippen LogP contribution in [0, 0.1) is 11.3 Å². The predicted octanol–water partition coefficient (Wildman–Crippen LogP) is 1.44. The molecule has 2 aliphatic rings. The van der Waals surface area contributed by atoms with Gasteiger partial charge >= 0.3 is 0 Å². The molecular formula is C15H28N4. The van der Waals surface area contributed by atoms with Gasteiger partial charge in [-0.1, -0.05) is 6.42 Å². The second-order valence-corrected chi connectivity index (χ2v) is 6.30. The molecule has 2 heterocycles. The summed E-state index contributed by atoms with van der Waals surface area (Å²) in [4.78, 5) is 5.13. The molecule has 2 atom stereocenters. The van der Waals surface area contributed by atoms with Crippen LogP contribution in [-0.2, 0) is 0 Å². The van der Waals surface area contributed by atoms with Crippen molar-refractivity contribution in [3.8, 4) is 6.07 Å². The number of rotatable bonds is 5. The molecule has 0 aromatic rings. The van der Waals surface area contributed by atoms with Gasteiger partial charge in [0.2, 0.25) is 0 Å². The zero-order valence-corrected chi connectivity index (χ0v) is 12.4. The zero-order valence-electron chi connectivity index (χ0n) is 12.4. The van der Waals surface area contributed by atoms with Gasteiger partial charge in [-0.05, 0) is 52.7 Å². The molecule has 4 heteroatoms. The lowest BCUT2D eigenvalue weighted by molar-refractivity contribution is 0.161. The highest BCUT2D eigenvalue weighted by Gasteiger charge is 2.29. The fourth-order valence-corrected chi connectivity index (χ4v) is 3.35. The van der Waals surface area contributed by atoms with E-state index in [1.165, 1.54) is 38.8 Å². The molecule has 0 bridgehead atoms. The molecule has 0 spiro atoms. The van der Waals surface area contributed by atoms with E-state index in [-0.39, 0.29) is 6.04 Å². The van der Waals surface area contributed by atoms with Gasteiger partial charge in [-0.15, -0.1) is 0 Å². The third kappa shape index (κ3) is 4.45. The molecule has 4 nitrogen and oxygen atoms in total. The summed E-state index contributed by atoms with van der Waals surface area (Å²) in [6.07, 6.45) is 5.42. The third-order valence-electron chi connectivity index (χ3n) is 4.29. The Morgan fingerprint density at radius 3 is 2.58 bits per heavy atom. The zero-order chi connectivity index (χ0) is 13.7. The lowest BCUT2D eigenvalue weighted by Gasteiger charge is -2.32. The van der Waals surface area contributed by atoms with E-state index in [0.717, 1.165) is 25.7 Å². The third-order valence-corrected chi connectivity index (χ3v) is 4.29. The smallest absolute Gasteiger partial charge is 0.108 e. The van der Waals surface area contributed by atoms with Crippen molar-refractivity contribution in [1.82, 2.24) is 15.1 Å². The molecule has 0 saturated carbocycles. The van der Waals surface area contributed by atoms with Crippen LogP contribution in [0.1, 0.15) is 39.5 Å². The quantitative estimate of drug-likeness (QED) is 0.816. The Bertz CT molecular complexity index is 304. The highest BCUT2D eigenvalue weighted by molar-refractivity contribution is 4.95. The van der Waals surface area contributed by atoms with Crippen LogP contribution >= 0.6 is 0 Å². The Morgan fingerprint density at radius 2 is 1.95 bits per heavy atom. The minimum atomic E-state index is -0.0277. The van der Waals surface area contributed by atoms with Crippen molar-refractivity contribution in [2.75, 3.05) is 32.7 Å². The number of hydrogen-bond donors (Lipinski definition) is 1. The van der Waals surface area contributed by atoms with Crippen molar-refractivity contribution in [3.63, 3.8) is 0 Å². The van der Waals surface area contributed by atoms with Crippen molar-refractivity contribution in [2.24, 2.45) is 0 Å². The van der Waals surface area contributed by atoms with Crippen LogP contribution in [0.5, 0.6) is 0 Å². The molecule has 0 aromatic carbocycles. The summed E-state index contributed by atoms with van der Waals surface area (Å²) in [5.41, 5.74) is 0. The molecule has 19 heavy (non-hydrogen) atoms. The summed E-state index contributed by atoms with van der Waals surface area (Å²) >= 11 is 0. The normalized spacial score (nSPS) is 27.6. The monoisotopic (exact) mass is 264 g/mol. The average Bonchev–Trinajstić information content (AvgIpc) is 2.87. The van der Waals surface area contributed by atoms with Crippen LogP contribution in [-0.4, -0.2) is 60.6 Å². The lowest BCUT2D eigenvalue weighted by Crippen LogP contribution is -2.44. The molecule has 0 radical (unpaired) electrons. The summed E-state index contributed by atoms with van der Waals surface area (Å²) in [5, 5.41) is 12.5. The maximum absolute atomic E-state index is 9.20. The first-order valence-corrected chi connectivity index (χ1v) is 7.81. The molecule has 2 fully saturated rings. The molecule has 2 aliphatic heterocycles. The molecule has 2 unspecified atom stereocenters. The Kier molecular flexibility index (Phi) is 5.62. The average molecular weight is 264 g/mol. The molecule has 0 aromatic heterocycles. The molecule has 2 saturated heterocycles. The van der Waals surface area contributed by atoms with Crippen LogP contribution in [0.4, 0.5) is 0 Å². The Morgan fingerprint density at radius 1 is 1.21 bits per heavy atom. The first-order chi connectivity index (χ1) is 9.19. The van der Waals surface area contributed by atoms with Gasteiger partial charge < -0.3 is 0 Å². The van der Waals surface area contributed by atoms with E-state index in [4.69, 9.17) is 0 Å². The highest BCUT2D eigenvalue weighted by Crippen LogP contribution is 2.20. The summed E-state index contributed by atoms with van der Waals surface area (Å²) in [6.45, 7) is 9.95. The number of hydrogen-bond acceptors (Lipinski definition) is 4. The second-order valence-electron chi connectivity index (χ2n) is 6.30. The van der Waals surface area contributed by atoms with Gasteiger partial charge in [0.25, 0.3) is 0 Å². The maximum atomic E-state index is 9.20. The van der Waals surface area contributed by atoms with Crippen LogP contribution in [0.2, 0.25) is 0 Å². The minimum absolute atomic E-state index is 0.0277. The fraction of sp³-hybridized carbons (Fsp3) is 0.933. The molecule has 0 aliphatic carbocycles. The molecule has 0 amide bonds. The molecule has 1 N–H and O–H groups in total. The summed E-state index contributed by atoms with van der Waals surface area (Å²) < 4.78 is 0. The van der Waals surface area contributed by atoms with Crippen molar-refractivity contribution >= 4 is 0 Å². The lowest BCUT2D eigenvalue weighted by atomic mass is 10.1. The van der Waals surface area contributed by atoms with Gasteiger partial charge in [0.05, 0.1) is 6.07 Å². The van der Waals surface area contributed by atoms with Crippen molar-refractivity contribution in [1.29, 1.82) is 5.26 Å². The first-order valence-electron chi connectivity index (χ1n) is 7.81. The number of likely N-dealkylation sites (tertiary alicyclic amines) is 2. The largest absolute Gasteiger partial charge is 0.299 e. The van der Waals surface area contributed by atoms with Gasteiger partial charge in [-0.25, -0.2) is 0 Å². The van der Waals surface area contributed by atoms with Crippen LogP contribution in [0.15, 0.2) is 0 Å². The van der Waals surface area contributed by atoms with Crippen molar-refractivity contribution in [2.45, 2.75) is 57.7 Å². The summed E-state index contributed by atoms with van der Waals surface area (Å²) in [6, 6.07) is 3.48. The van der Waals surface area contributed by atoms with Crippen LogP contribution < -0.4 is 5.32 Å². The van der Waals surface area contributed by atoms with E-state index in [9.17, 15) is 5.26 Å². The van der Waals surface area contributed by atoms with E-state index >= 15 is 0 Å². The van der Waals surface area contributed by atoms with Gasteiger partial charge in [0.15, 0.2) is 0 Å². The van der Waals surface area contributed by atoms with E-state index in [2.05, 4.69) is 35.0 Å². The van der Waals surface area contributed by atoms with Crippen LogP contribution in [0.25, 0.3) is 0 Å². The first kappa shape index (κ1) is 14.8. The predicted molar refractivity (Wildman–Crippen MR) is 77.9 cm³/mol. The van der Waals surface area contributed by atoms with Crippen LogP contribution in [0.3, 0.4) is 0 Å². The second kappa shape index (κ2) is 7.23. The Labute approximate surface area is 117 Å². The van der Waals surface area contributed by atoms with E-state index in [1.807, 2.05) is 0 Å². The van der Waals surface area contributed by atoms with E-state index in [0.29, 0.717) is 6.04 Å². The number of nitrogens with one attached hydrogen (secondary N) is 1. The SMILES string of the molecule is CC(C)NC(C#N)CN1CCC(N2CCCCC2)C1. The van der Waals surface area contributed by atoms with Gasteiger partial charge in [-0.3, -0.25) is 15.1 Å². The van der Waals surface area contributed by atoms with Gasteiger partial charge in [0, 0.05) is 25.2 Å². The molecular weight excluding hydrogens is 236 g/mol. The Balaban J connectivity index is 1.76. The van der Waals surface area contributed by atoms with Crippen molar-refractivity contribution < 1.29 is 0 Å². The number of nitrogens with zero attached hydrogens (tertiary/aromatic N) is 3. The summed E-state index contributed by atoms with van der Waals surface area (Å²) in [7, 11) is 0. The maximum Gasteiger partial charge on any atom is 0.108 e. The van der Waals surface area contributed by atoms with E-state index < -0.39 is 0 Å². The standard InChI is InChI=1S/C15H28N4/c1-13(2)17-14(10-16)11-18-9-6-15(12-18)19-7-4-3-5-8-19/h13-15,17H,3-9,11-12H2,1-2H3. The topological polar surface area (TPSA) is 42.3 Å².